The van der Waals surface area contributed by atoms with Crippen LogP contribution in [-0.2, 0) is 82.3 Å². The Hall–Kier alpha value is -15.2. The number of pyridine rings is 3. The summed E-state index contributed by atoms with van der Waals surface area (Å²) in [6.45, 7) is 7.38. The summed E-state index contributed by atoms with van der Waals surface area (Å²) in [5, 5.41) is 66.7. The molecule has 149 heavy (non-hydrogen) atoms. The Morgan fingerprint density at radius 3 is 0.906 bits per heavy atom. The first-order valence-electron chi connectivity index (χ1n) is 45.4. The van der Waals surface area contributed by atoms with E-state index in [4.69, 9.17) is 23.7 Å². The molecule has 7 fully saturated rings. The molecule has 36 nitrogen and oxygen atoms in total. The van der Waals surface area contributed by atoms with Crippen molar-refractivity contribution >= 4 is 57.8 Å². The van der Waals surface area contributed by atoms with Crippen molar-refractivity contribution in [1.29, 1.82) is 0 Å². The first kappa shape index (κ1) is 104. The van der Waals surface area contributed by atoms with E-state index in [1.807, 2.05) is 33.2 Å². The smallest absolute Gasteiger partial charge is 0.388 e. The molecule has 6 atom stereocenters. The fraction of sp³-hybridized carbons (Fsp3) is 0.354. The van der Waals surface area contributed by atoms with E-state index < -0.39 is 145 Å². The molecule has 15 aromatic rings. The zero-order valence-electron chi connectivity index (χ0n) is 78.4. The number of aliphatic hydroxyl groups is 3. The monoisotopic (exact) mass is 2090 g/mol. The molecule has 5 saturated heterocycles. The number of hydrogen-bond donors (Lipinski definition) is 8. The van der Waals surface area contributed by atoms with E-state index >= 15 is 0 Å². The van der Waals surface area contributed by atoms with Gasteiger partial charge >= 0.3 is 30.9 Å². The molecule has 780 valence electrons. The van der Waals surface area contributed by atoms with E-state index in [1.54, 1.807) is 49.6 Å². The Labute approximate surface area is 828 Å². The predicted octanol–water partition coefficient (Wildman–Crippen LogP) is 12.0. The molecule has 18 heterocycles. The summed E-state index contributed by atoms with van der Waals surface area (Å²) in [4.78, 5) is 96.6. The van der Waals surface area contributed by atoms with Crippen LogP contribution >= 0.6 is 0 Å². The third kappa shape index (κ3) is 20.5. The fourth-order valence-electron chi connectivity index (χ4n) is 17.6. The highest BCUT2D eigenvalue weighted by molar-refractivity contribution is 6.03. The van der Waals surface area contributed by atoms with Crippen LogP contribution in [-0.4, -0.2) is 216 Å². The van der Waals surface area contributed by atoms with Crippen LogP contribution in [0.3, 0.4) is 0 Å². The SMILES string of the molecule is CC1(O)COCC1(NC(=O)c1cnn2cc(C3CC3)cnc12)c1ccc(C(F)(F)F)nc1.Cc1cnc2c(C(=O)NC3(c4ccc(C(F)(F)F)cc4F)COC3)cnn2c1.Cc1cnc2c(C(=O)NC3(c4ccc(C(F)(F)F)nc4)COCC3(C)O)cnn2c1.Cc1cnc2c(C(=O)NC3(c4ccc(C(F)(F)F)nc4)COCC3O)cnn2c1.O=C(NC1(c2ccc(C(F)(F)F)cc2F)COC1)c1cnn2cc(C3CC3)cnc12. The molecule has 2 aromatic carbocycles. The van der Waals surface area contributed by atoms with Crippen LogP contribution in [0.2, 0.25) is 0 Å². The van der Waals surface area contributed by atoms with E-state index in [2.05, 4.69) is 91.9 Å². The average molecular weight is 2090 g/mol. The van der Waals surface area contributed by atoms with Crippen LogP contribution in [0.4, 0.5) is 74.6 Å². The second-order valence-electron chi connectivity index (χ2n) is 37.3. The highest BCUT2D eigenvalue weighted by atomic mass is 19.4. The van der Waals surface area contributed by atoms with E-state index in [0.717, 1.165) is 115 Å². The number of carbonyl (C=O) groups is 5. The number of amides is 5. The maximum Gasteiger partial charge on any atom is 0.433 e. The number of aliphatic hydroxyl groups excluding tert-OH is 1. The van der Waals surface area contributed by atoms with Gasteiger partial charge in [-0.25, -0.2) is 56.3 Å². The van der Waals surface area contributed by atoms with Gasteiger partial charge in [0, 0.05) is 108 Å². The van der Waals surface area contributed by atoms with Gasteiger partial charge in [0.15, 0.2) is 28.2 Å². The molecule has 0 bridgehead atoms. The standard InChI is InChI=1S/C21H20F3N5O3.C20H16F4N4O2.C19H18F3N5O3.C18H14F4N4O2.C18H16F3N5O3/c1-19(31)10-32-11-20(19,14-4-5-16(25-7-14)21(22,23)24)28-18(30)15-8-27-29-9-13(12-2-3-12)6-26-17(15)29;21-16-5-13(20(22,23)24)3-4-15(16)19(9-30-10-19)27-18(29)14-7-26-28-8-12(11-1-2-11)6-25-17(14)28;1-11-5-24-15-13(7-25-27(15)8-11)16(28)26-18(10-30-9-17(18,2)29)12-3-4-14(23-6-12)19(20,21)22;1-10-5-23-15-12(6-24-26(15)7-10)16(27)25-17(8-28-9-17)13-3-2-11(4-14(13)19)18(20,21)22;1-10-4-23-15-12(6-24-26(15)7-10)16(28)25-17(9-29-8-14(17)27)11-2-3-13(22-5-11)18(19,20)21/h4-9,12,31H,2-3,10-11H2,1H3,(H,28,30);3-8,11H,1-2,9-10H2,(H,27,29);3-8,29H,9-10H2,1-2H3,(H,26,28);2-7H,8-9H2,1H3,(H,25,27);2-7,14,27H,8-9H2,1H3,(H,25,28). The molecule has 5 aliphatic heterocycles. The van der Waals surface area contributed by atoms with Gasteiger partial charge in [-0.1, -0.05) is 30.3 Å². The maximum atomic E-state index is 14.5. The fourth-order valence-corrected chi connectivity index (χ4v) is 17.6. The lowest BCUT2D eigenvalue weighted by Crippen LogP contribution is -2.60. The first-order chi connectivity index (χ1) is 70.3. The van der Waals surface area contributed by atoms with Crippen molar-refractivity contribution in [2.24, 2.45) is 0 Å². The highest BCUT2D eigenvalue weighted by Gasteiger charge is 2.58. The molecule has 53 heteroatoms. The number of alkyl halides is 15. The van der Waals surface area contributed by atoms with Gasteiger partial charge in [-0.05, 0) is 142 Å². The number of rotatable bonds is 17. The minimum absolute atomic E-state index is 0.0561. The molecule has 22 rings (SSSR count). The zero-order valence-corrected chi connectivity index (χ0v) is 78.4. The maximum absolute atomic E-state index is 14.5. The second-order valence-corrected chi connectivity index (χ2v) is 37.3. The molecule has 5 amide bonds. The summed E-state index contributed by atoms with van der Waals surface area (Å²) in [6, 6.07) is 10.4. The average Bonchev–Trinajstić information content (AvgIpc) is 1.60. The topological polar surface area (TPSA) is 442 Å². The molecule has 7 aliphatic rings. The summed E-state index contributed by atoms with van der Waals surface area (Å²) >= 11 is 0. The number of aryl methyl sites for hydroxylation is 3. The van der Waals surface area contributed by atoms with E-state index in [1.165, 1.54) is 85.6 Å². The number of nitrogens with zero attached hydrogens (tertiary/aromatic N) is 18. The van der Waals surface area contributed by atoms with Crippen molar-refractivity contribution in [1.82, 2.24) is 115 Å². The lowest BCUT2D eigenvalue weighted by molar-refractivity contribution is -0.142. The number of hydrogen-bond acceptors (Lipinski definition) is 26. The van der Waals surface area contributed by atoms with Gasteiger partial charge in [-0.3, -0.25) is 38.9 Å². The van der Waals surface area contributed by atoms with Gasteiger partial charge < -0.3 is 65.6 Å². The van der Waals surface area contributed by atoms with E-state index in [-0.39, 0.29) is 122 Å². The van der Waals surface area contributed by atoms with Crippen LogP contribution in [0.25, 0.3) is 28.2 Å². The number of fused-ring (bicyclic) bond motifs is 5. The lowest BCUT2D eigenvalue weighted by atomic mass is 9.78. The number of aromatic nitrogens is 18. The van der Waals surface area contributed by atoms with Gasteiger partial charge in [0.25, 0.3) is 29.5 Å². The lowest BCUT2D eigenvalue weighted by Gasteiger charge is -2.42. The van der Waals surface area contributed by atoms with Crippen LogP contribution in [0, 0.1) is 32.4 Å². The summed E-state index contributed by atoms with van der Waals surface area (Å²) in [5.74, 6) is -4.10. The number of carbonyl (C=O) groups excluding carboxylic acids is 5. The van der Waals surface area contributed by atoms with Crippen LogP contribution < -0.4 is 26.6 Å². The molecular formula is C96H84F17N23O13. The molecule has 8 N–H and O–H groups in total. The first-order valence-corrected chi connectivity index (χ1v) is 45.4. The van der Waals surface area contributed by atoms with Crippen LogP contribution in [0.5, 0.6) is 0 Å². The van der Waals surface area contributed by atoms with E-state index in [9.17, 15) is 114 Å². The Morgan fingerprint density at radius 1 is 0.342 bits per heavy atom. The Kier molecular flexibility index (Phi) is 27.0. The zero-order chi connectivity index (χ0) is 106. The van der Waals surface area contributed by atoms with Gasteiger partial charge in [-0.2, -0.15) is 91.3 Å². The third-order valence-electron chi connectivity index (χ3n) is 26.3. The Balaban J connectivity index is 0.000000122. The summed E-state index contributed by atoms with van der Waals surface area (Å²) in [7, 11) is 0. The second kappa shape index (κ2) is 38.8. The van der Waals surface area contributed by atoms with Crippen LogP contribution in [0.1, 0.15) is 187 Å². The number of ether oxygens (including phenoxy) is 5. The van der Waals surface area contributed by atoms with Gasteiger partial charge in [-0.15, -0.1) is 0 Å². The van der Waals surface area contributed by atoms with Crippen molar-refractivity contribution < 1.29 is 138 Å². The molecule has 0 spiro atoms. The van der Waals surface area contributed by atoms with Crippen molar-refractivity contribution in [3.8, 4) is 0 Å². The molecule has 2 saturated carbocycles. The number of halogens is 17. The van der Waals surface area contributed by atoms with Crippen molar-refractivity contribution in [2.45, 2.75) is 148 Å². The van der Waals surface area contributed by atoms with Gasteiger partial charge in [0.2, 0.25) is 0 Å². The van der Waals surface area contributed by atoms with Crippen molar-refractivity contribution in [2.75, 3.05) is 66.1 Å². The molecule has 2 aliphatic carbocycles. The molecular weight excluding hydrogens is 2010 g/mol. The van der Waals surface area contributed by atoms with E-state index in [0.29, 0.717) is 52.2 Å². The summed E-state index contributed by atoms with van der Waals surface area (Å²) in [5.41, 5.74) is -8.07. The minimum Gasteiger partial charge on any atom is -0.388 e. The quantitative estimate of drug-likeness (QED) is 0.0392. The van der Waals surface area contributed by atoms with Gasteiger partial charge in [0.05, 0.1) is 108 Å². The van der Waals surface area contributed by atoms with Crippen molar-refractivity contribution in [3.63, 3.8) is 0 Å². The summed E-state index contributed by atoms with van der Waals surface area (Å²) in [6.07, 6.45) is 6.71. The van der Waals surface area contributed by atoms with Crippen LogP contribution in [0.15, 0.2) is 184 Å². The minimum atomic E-state index is -4.66. The predicted molar refractivity (Wildman–Crippen MR) is 481 cm³/mol. The number of nitrogens with one attached hydrogen (secondary N) is 5. The Morgan fingerprint density at radius 2 is 0.644 bits per heavy atom. The normalized spacial score (nSPS) is 21.5. The third-order valence-corrected chi connectivity index (χ3v) is 26.3. The van der Waals surface area contributed by atoms with Crippen molar-refractivity contribution in [3.05, 3.63) is 308 Å². The molecule has 13 aromatic heterocycles. The number of benzene rings is 2. The summed E-state index contributed by atoms with van der Waals surface area (Å²) < 4.78 is 256. The highest BCUT2D eigenvalue weighted by Crippen LogP contribution is 2.47. The van der Waals surface area contributed by atoms with Gasteiger partial charge in [0.1, 0.15) is 102 Å². The molecule has 6 unspecified atom stereocenters. The molecule has 0 radical (unpaired) electrons. The Bertz CT molecular complexity index is 7650. The largest absolute Gasteiger partial charge is 0.433 e.